The number of nitriles is 1. The highest BCUT2D eigenvalue weighted by atomic mass is 16.5. The molecule has 2 atom stereocenters. The van der Waals surface area contributed by atoms with Crippen molar-refractivity contribution in [3.05, 3.63) is 23.5 Å². The molecule has 1 amide bonds. The Hall–Kier alpha value is -2.09. The van der Waals surface area contributed by atoms with Gasteiger partial charge in [0.1, 0.15) is 23.5 Å². The van der Waals surface area contributed by atoms with Gasteiger partial charge in [-0.3, -0.25) is 9.78 Å². The Kier molecular flexibility index (Phi) is 2.05. The molecule has 0 unspecified atom stereocenters. The summed E-state index contributed by atoms with van der Waals surface area (Å²) in [5.41, 5.74) is 1.71. The molecule has 5 nitrogen and oxygen atoms in total. The Bertz CT molecular complexity index is 731. The van der Waals surface area contributed by atoms with Gasteiger partial charge in [-0.15, -0.1) is 0 Å². The van der Waals surface area contributed by atoms with Gasteiger partial charge >= 0.3 is 0 Å². The summed E-state index contributed by atoms with van der Waals surface area (Å²) in [5, 5.41) is 9.22. The third-order valence-corrected chi connectivity index (χ3v) is 5.96. The minimum atomic E-state index is -0.0906. The molecule has 1 saturated heterocycles. The Morgan fingerprint density at radius 1 is 1.45 bits per heavy atom. The molecule has 0 N–H and O–H groups in total. The van der Waals surface area contributed by atoms with Gasteiger partial charge in [-0.1, -0.05) is 6.92 Å². The van der Waals surface area contributed by atoms with E-state index in [4.69, 9.17) is 4.74 Å². The second-order valence-electron chi connectivity index (χ2n) is 7.79. The molecule has 1 aromatic rings. The van der Waals surface area contributed by atoms with E-state index in [2.05, 4.69) is 18.0 Å². The molecule has 6 rings (SSSR count). The first-order valence-electron chi connectivity index (χ1n) is 7.89. The molecule has 0 radical (unpaired) electrons. The zero-order chi connectivity index (χ0) is 15.1. The average Bonchev–Trinajstić information content (AvgIpc) is 2.80. The van der Waals surface area contributed by atoms with Gasteiger partial charge in [0, 0.05) is 24.4 Å². The van der Waals surface area contributed by atoms with Crippen molar-refractivity contribution in [2.75, 3.05) is 6.54 Å². The third-order valence-electron chi connectivity index (χ3n) is 5.96. The van der Waals surface area contributed by atoms with Crippen LogP contribution in [-0.4, -0.2) is 28.4 Å². The van der Waals surface area contributed by atoms with Gasteiger partial charge in [0.2, 0.25) is 5.91 Å². The van der Waals surface area contributed by atoms with E-state index in [1.165, 1.54) is 6.20 Å². The van der Waals surface area contributed by atoms with Crippen molar-refractivity contribution in [3.8, 4) is 11.8 Å². The van der Waals surface area contributed by atoms with E-state index in [0.717, 1.165) is 31.2 Å². The number of pyridine rings is 1. The fourth-order valence-electron chi connectivity index (χ4n) is 5.31. The van der Waals surface area contributed by atoms with E-state index in [1.54, 1.807) is 6.20 Å². The first kappa shape index (κ1) is 12.5. The monoisotopic (exact) mass is 295 g/mol. The van der Waals surface area contributed by atoms with Gasteiger partial charge in [0.05, 0.1) is 18.0 Å². The van der Waals surface area contributed by atoms with E-state index in [9.17, 15) is 10.1 Å². The van der Waals surface area contributed by atoms with Crippen LogP contribution in [-0.2, 0) is 4.79 Å². The SMILES string of the molecule is CC12CC(C(=O)N3C[C@@H]4C[C@H]3c3cncc(C#N)c3O4)(C1)C2. The van der Waals surface area contributed by atoms with Crippen LogP contribution >= 0.6 is 0 Å². The maximum Gasteiger partial charge on any atom is 0.229 e. The number of aromatic nitrogens is 1. The van der Waals surface area contributed by atoms with Gasteiger partial charge in [-0.2, -0.15) is 5.26 Å². The highest BCUT2D eigenvalue weighted by Gasteiger charge is 2.70. The molecule has 2 aliphatic heterocycles. The van der Waals surface area contributed by atoms with Crippen LogP contribution in [0, 0.1) is 22.2 Å². The van der Waals surface area contributed by atoms with Crippen molar-refractivity contribution in [3.63, 3.8) is 0 Å². The van der Waals surface area contributed by atoms with E-state index < -0.39 is 0 Å². The second kappa shape index (κ2) is 3.62. The first-order valence-corrected chi connectivity index (χ1v) is 7.89. The number of hydrogen-bond donors (Lipinski definition) is 0. The summed E-state index contributed by atoms with van der Waals surface area (Å²) in [6.07, 6.45) is 7.25. The third kappa shape index (κ3) is 1.34. The topological polar surface area (TPSA) is 66.2 Å². The number of ether oxygens (including phenoxy) is 1. The van der Waals surface area contributed by atoms with Gasteiger partial charge < -0.3 is 9.64 Å². The summed E-state index contributed by atoms with van der Waals surface area (Å²) in [6.45, 7) is 2.91. The van der Waals surface area contributed by atoms with E-state index in [1.807, 2.05) is 4.90 Å². The number of hydrogen-bond acceptors (Lipinski definition) is 4. The number of likely N-dealkylation sites (tertiary alicyclic amines) is 1. The summed E-state index contributed by atoms with van der Waals surface area (Å²) in [4.78, 5) is 19.2. The van der Waals surface area contributed by atoms with Crippen LogP contribution in [0.25, 0.3) is 0 Å². The first-order chi connectivity index (χ1) is 10.5. The highest BCUT2D eigenvalue weighted by molar-refractivity contribution is 5.87. The zero-order valence-corrected chi connectivity index (χ0v) is 12.5. The molecule has 22 heavy (non-hydrogen) atoms. The second-order valence-corrected chi connectivity index (χ2v) is 7.79. The maximum atomic E-state index is 13.0. The molecule has 3 heterocycles. The molecular weight excluding hydrogens is 278 g/mol. The molecule has 4 bridgehead atoms. The fraction of sp³-hybridized carbons (Fsp3) is 0.588. The van der Waals surface area contributed by atoms with E-state index in [-0.39, 0.29) is 17.6 Å². The number of amides is 1. The smallest absolute Gasteiger partial charge is 0.229 e. The highest BCUT2D eigenvalue weighted by Crippen LogP contribution is 2.74. The molecule has 4 fully saturated rings. The number of carbonyl (C=O) groups excluding carboxylic acids is 1. The standard InChI is InChI=1S/C17H17N3O2/c1-16-7-17(8-16,9-16)15(21)20-6-11-2-13(20)12-5-19-4-10(3-18)14(12)22-11/h4-5,11,13H,2,6-9H2,1H3/t11-,13-,16?,17?/m0/s1. The minimum absolute atomic E-state index is 0.0129. The summed E-state index contributed by atoms with van der Waals surface area (Å²) < 4.78 is 5.97. The predicted molar refractivity (Wildman–Crippen MR) is 76.8 cm³/mol. The lowest BCUT2D eigenvalue weighted by Gasteiger charge is -2.69. The van der Waals surface area contributed by atoms with Crippen LogP contribution in [0.4, 0.5) is 0 Å². The van der Waals surface area contributed by atoms with Gasteiger partial charge in [-0.05, 0) is 24.7 Å². The Morgan fingerprint density at radius 3 is 2.91 bits per heavy atom. The summed E-state index contributed by atoms with van der Waals surface area (Å²) in [5.74, 6) is 0.932. The largest absolute Gasteiger partial charge is 0.487 e. The lowest BCUT2D eigenvalue weighted by Crippen LogP contribution is -2.66. The average molecular weight is 295 g/mol. The zero-order valence-electron chi connectivity index (χ0n) is 12.5. The molecule has 0 spiro atoms. The van der Waals surface area contributed by atoms with Crippen molar-refractivity contribution in [1.29, 1.82) is 5.26 Å². The normalized spacial score (nSPS) is 39.9. The lowest BCUT2D eigenvalue weighted by molar-refractivity contribution is -0.210. The summed E-state index contributed by atoms with van der Waals surface area (Å²) >= 11 is 0. The minimum Gasteiger partial charge on any atom is -0.487 e. The molecule has 1 aromatic heterocycles. The Balaban J connectivity index is 1.50. The van der Waals surface area contributed by atoms with Crippen molar-refractivity contribution in [2.45, 2.75) is 44.8 Å². The van der Waals surface area contributed by atoms with Gasteiger partial charge in [0.15, 0.2) is 0 Å². The Morgan fingerprint density at radius 2 is 2.23 bits per heavy atom. The van der Waals surface area contributed by atoms with Crippen LogP contribution in [0.1, 0.15) is 49.8 Å². The summed E-state index contributed by atoms with van der Waals surface area (Å²) in [7, 11) is 0. The fourth-order valence-corrected chi connectivity index (χ4v) is 5.31. The van der Waals surface area contributed by atoms with E-state index in [0.29, 0.717) is 29.2 Å². The van der Waals surface area contributed by atoms with Crippen molar-refractivity contribution in [1.82, 2.24) is 9.88 Å². The summed E-state index contributed by atoms with van der Waals surface area (Å²) in [6, 6.07) is 2.17. The van der Waals surface area contributed by atoms with Crippen LogP contribution in [0.15, 0.2) is 12.4 Å². The van der Waals surface area contributed by atoms with Gasteiger partial charge in [0.25, 0.3) is 0 Å². The molecule has 112 valence electrons. The van der Waals surface area contributed by atoms with Crippen molar-refractivity contribution in [2.24, 2.45) is 10.8 Å². The van der Waals surface area contributed by atoms with E-state index >= 15 is 0 Å². The predicted octanol–water partition coefficient (Wildman–Crippen LogP) is 2.18. The van der Waals surface area contributed by atoms with Crippen LogP contribution in [0.3, 0.4) is 0 Å². The number of rotatable bonds is 1. The van der Waals surface area contributed by atoms with Crippen molar-refractivity contribution >= 4 is 5.91 Å². The maximum absolute atomic E-state index is 13.0. The van der Waals surface area contributed by atoms with Gasteiger partial charge in [-0.25, -0.2) is 0 Å². The quantitative estimate of drug-likeness (QED) is 0.796. The molecule has 5 aliphatic rings. The lowest BCUT2D eigenvalue weighted by atomic mass is 9.35. The molecular formula is C17H17N3O2. The molecule has 3 saturated carbocycles. The van der Waals surface area contributed by atoms with Crippen LogP contribution in [0.5, 0.6) is 5.75 Å². The molecule has 3 aliphatic carbocycles. The van der Waals surface area contributed by atoms with Crippen molar-refractivity contribution < 1.29 is 9.53 Å². The number of nitrogens with zero attached hydrogens (tertiary/aromatic N) is 3. The molecule has 5 heteroatoms. The number of fused-ring (bicyclic) bond motifs is 4. The molecule has 0 aromatic carbocycles. The number of carbonyl (C=O) groups is 1. The Labute approximate surface area is 128 Å². The van der Waals surface area contributed by atoms with Crippen LogP contribution in [0.2, 0.25) is 0 Å². The van der Waals surface area contributed by atoms with Crippen LogP contribution < -0.4 is 4.74 Å².